The van der Waals surface area contributed by atoms with Crippen molar-refractivity contribution in [2.24, 2.45) is 0 Å². The van der Waals surface area contributed by atoms with Gasteiger partial charge in [-0.3, -0.25) is 4.90 Å². The molecule has 0 bridgehead atoms. The topological polar surface area (TPSA) is 68.2 Å². The van der Waals surface area contributed by atoms with Crippen molar-refractivity contribution in [1.82, 2.24) is 4.90 Å². The van der Waals surface area contributed by atoms with Gasteiger partial charge in [-0.2, -0.15) is 0 Å². The maximum absolute atomic E-state index is 10.5. The zero-order chi connectivity index (χ0) is 15.3. The molecule has 1 N–H and O–H groups in total. The quantitative estimate of drug-likeness (QED) is 0.778. The smallest absolute Gasteiger partial charge is 0.329 e. The Morgan fingerprint density at radius 3 is 2.48 bits per heavy atom. The van der Waals surface area contributed by atoms with Crippen LogP contribution in [0.4, 0.5) is 0 Å². The van der Waals surface area contributed by atoms with Gasteiger partial charge in [0.05, 0.1) is 12.7 Å². The lowest BCUT2D eigenvalue weighted by atomic mass is 9.96. The molecule has 0 unspecified atom stereocenters. The molecule has 1 aliphatic heterocycles. The summed E-state index contributed by atoms with van der Waals surface area (Å²) >= 11 is 0. The molecule has 1 saturated heterocycles. The highest BCUT2D eigenvalue weighted by molar-refractivity contribution is 5.68. The number of carboxylic acid groups (broad SMARTS) is 1. The predicted octanol–water partition coefficient (Wildman–Crippen LogP) is 1.25. The average molecular weight is 295 g/mol. The van der Waals surface area contributed by atoms with E-state index in [1.54, 1.807) is 7.11 Å². The van der Waals surface area contributed by atoms with Crippen LogP contribution in [0.5, 0.6) is 11.5 Å². The lowest BCUT2D eigenvalue weighted by molar-refractivity contribution is -0.165. The van der Waals surface area contributed by atoms with Gasteiger partial charge in [0.2, 0.25) is 0 Å². The van der Waals surface area contributed by atoms with E-state index in [1.807, 2.05) is 31.2 Å². The Kier molecular flexibility index (Phi) is 5.03. The van der Waals surface area contributed by atoms with Crippen LogP contribution in [-0.2, 0) is 9.53 Å². The summed E-state index contributed by atoms with van der Waals surface area (Å²) in [5.41, 5.74) is -0.349. The maximum Gasteiger partial charge on any atom is 0.329 e. The van der Waals surface area contributed by atoms with Crippen LogP contribution in [0.3, 0.4) is 0 Å². The van der Waals surface area contributed by atoms with Crippen LogP contribution in [0.2, 0.25) is 0 Å². The summed E-state index contributed by atoms with van der Waals surface area (Å²) in [7, 11) is 1.63. The fourth-order valence-electron chi connectivity index (χ4n) is 2.35. The molecule has 1 aromatic rings. The fraction of sp³-hybridized carbons (Fsp3) is 0.533. The molecule has 116 valence electrons. The van der Waals surface area contributed by atoms with E-state index in [2.05, 4.69) is 4.90 Å². The highest BCUT2D eigenvalue weighted by Crippen LogP contribution is 2.24. The fourth-order valence-corrected chi connectivity index (χ4v) is 2.35. The Labute approximate surface area is 124 Å². The van der Waals surface area contributed by atoms with E-state index in [4.69, 9.17) is 19.3 Å². The van der Waals surface area contributed by atoms with E-state index in [9.17, 15) is 4.79 Å². The van der Waals surface area contributed by atoms with E-state index in [-0.39, 0.29) is 12.2 Å². The van der Waals surface area contributed by atoms with Crippen molar-refractivity contribution in [1.29, 1.82) is 0 Å². The molecule has 0 amide bonds. The number of benzene rings is 1. The third kappa shape index (κ3) is 4.61. The van der Waals surface area contributed by atoms with Crippen molar-refractivity contribution in [3.8, 4) is 11.5 Å². The normalized spacial score (nSPS) is 17.0. The second-order valence-electron chi connectivity index (χ2n) is 5.37. The molecule has 0 aromatic heterocycles. The summed E-state index contributed by atoms with van der Waals surface area (Å²) in [4.78, 5) is 12.6. The molecule has 0 radical (unpaired) electrons. The van der Waals surface area contributed by atoms with Gasteiger partial charge in [0.25, 0.3) is 0 Å². The van der Waals surface area contributed by atoms with Crippen LogP contribution in [0, 0.1) is 0 Å². The molecule has 6 nitrogen and oxygen atoms in total. The highest BCUT2D eigenvalue weighted by Gasteiger charge is 2.39. The van der Waals surface area contributed by atoms with Gasteiger partial charge in [-0.1, -0.05) is 0 Å². The summed E-state index contributed by atoms with van der Waals surface area (Å²) in [6.45, 7) is 4.52. The Morgan fingerprint density at radius 2 is 1.90 bits per heavy atom. The minimum absolute atomic E-state index is 0.243. The van der Waals surface area contributed by atoms with Crippen molar-refractivity contribution >= 4 is 5.97 Å². The Balaban J connectivity index is 1.63. The zero-order valence-electron chi connectivity index (χ0n) is 12.4. The second kappa shape index (κ2) is 6.78. The minimum Gasteiger partial charge on any atom is -0.497 e. The number of carboxylic acids is 1. The van der Waals surface area contributed by atoms with Crippen LogP contribution >= 0.6 is 0 Å². The van der Waals surface area contributed by atoms with Gasteiger partial charge in [0.1, 0.15) is 24.7 Å². The van der Waals surface area contributed by atoms with Gasteiger partial charge in [-0.25, -0.2) is 4.79 Å². The molecule has 1 fully saturated rings. The van der Waals surface area contributed by atoms with Crippen LogP contribution in [0.15, 0.2) is 24.3 Å². The third-order valence-corrected chi connectivity index (χ3v) is 3.40. The average Bonchev–Trinajstić information content (AvgIpc) is 2.44. The van der Waals surface area contributed by atoms with Crippen molar-refractivity contribution in [2.75, 3.05) is 40.0 Å². The molecular formula is C15H21NO5. The lowest BCUT2D eigenvalue weighted by Gasteiger charge is -2.47. The lowest BCUT2D eigenvalue weighted by Crippen LogP contribution is -2.62. The van der Waals surface area contributed by atoms with Crippen molar-refractivity contribution in [3.63, 3.8) is 0 Å². The molecule has 1 aromatic carbocycles. The van der Waals surface area contributed by atoms with Gasteiger partial charge >= 0.3 is 5.97 Å². The van der Waals surface area contributed by atoms with E-state index in [1.165, 1.54) is 0 Å². The number of hydrogen-bond acceptors (Lipinski definition) is 5. The first kappa shape index (κ1) is 15.6. The number of carbonyl (C=O) groups is 1. The van der Waals surface area contributed by atoms with Crippen molar-refractivity contribution in [2.45, 2.75) is 12.5 Å². The predicted molar refractivity (Wildman–Crippen MR) is 76.9 cm³/mol. The molecule has 2 rings (SSSR count). The largest absolute Gasteiger partial charge is 0.497 e. The van der Waals surface area contributed by atoms with E-state index >= 15 is 0 Å². The summed E-state index contributed by atoms with van der Waals surface area (Å²) in [5.74, 6) is 0.676. The first-order valence-corrected chi connectivity index (χ1v) is 6.86. The monoisotopic (exact) mass is 295 g/mol. The molecule has 1 aliphatic rings. The minimum atomic E-state index is -0.933. The Bertz CT molecular complexity index is 467. The zero-order valence-corrected chi connectivity index (χ0v) is 12.4. The SMILES string of the molecule is COc1ccc(OCCN2CC(C)(OCC(=O)O)C2)cc1. The molecule has 1 heterocycles. The number of aliphatic carboxylic acids is 1. The summed E-state index contributed by atoms with van der Waals surface area (Å²) < 4.78 is 16.1. The third-order valence-electron chi connectivity index (χ3n) is 3.40. The van der Waals surface area contributed by atoms with Crippen LogP contribution in [0.1, 0.15) is 6.92 Å². The van der Waals surface area contributed by atoms with Crippen molar-refractivity contribution in [3.05, 3.63) is 24.3 Å². The molecule has 0 saturated carbocycles. The van der Waals surface area contributed by atoms with E-state index < -0.39 is 5.97 Å². The second-order valence-corrected chi connectivity index (χ2v) is 5.37. The summed E-state index contributed by atoms with van der Waals surface area (Å²) in [6, 6.07) is 7.45. The van der Waals surface area contributed by atoms with Crippen LogP contribution in [-0.4, -0.2) is 61.5 Å². The number of ether oxygens (including phenoxy) is 3. The van der Waals surface area contributed by atoms with Gasteiger partial charge in [0.15, 0.2) is 0 Å². The van der Waals surface area contributed by atoms with E-state index in [0.717, 1.165) is 31.1 Å². The molecular weight excluding hydrogens is 274 g/mol. The number of nitrogens with zero attached hydrogens (tertiary/aromatic N) is 1. The molecule has 0 aliphatic carbocycles. The van der Waals surface area contributed by atoms with Gasteiger partial charge in [-0.15, -0.1) is 0 Å². The summed E-state index contributed by atoms with van der Waals surface area (Å²) in [6.07, 6.45) is 0. The maximum atomic E-state index is 10.5. The van der Waals surface area contributed by atoms with Crippen molar-refractivity contribution < 1.29 is 24.1 Å². The number of hydrogen-bond donors (Lipinski definition) is 1. The first-order chi connectivity index (χ1) is 10.0. The number of likely N-dealkylation sites (tertiary alicyclic amines) is 1. The van der Waals surface area contributed by atoms with E-state index in [0.29, 0.717) is 6.61 Å². The van der Waals surface area contributed by atoms with Gasteiger partial charge in [0, 0.05) is 19.6 Å². The van der Waals surface area contributed by atoms with Gasteiger partial charge in [-0.05, 0) is 31.2 Å². The molecule has 21 heavy (non-hydrogen) atoms. The van der Waals surface area contributed by atoms with Crippen LogP contribution in [0.25, 0.3) is 0 Å². The van der Waals surface area contributed by atoms with Gasteiger partial charge < -0.3 is 19.3 Å². The Hall–Kier alpha value is -1.79. The first-order valence-electron chi connectivity index (χ1n) is 6.86. The molecule has 0 atom stereocenters. The number of rotatable bonds is 8. The highest BCUT2D eigenvalue weighted by atomic mass is 16.5. The standard InChI is InChI=1S/C15H21NO5/c1-15(21-9-14(17)18)10-16(11-15)7-8-20-13-5-3-12(19-2)4-6-13/h3-6H,7-11H2,1-2H3,(H,17,18). The molecule has 0 spiro atoms. The summed E-state index contributed by atoms with van der Waals surface area (Å²) in [5, 5.41) is 8.60. The van der Waals surface area contributed by atoms with Crippen LogP contribution < -0.4 is 9.47 Å². The Morgan fingerprint density at radius 1 is 1.29 bits per heavy atom. The number of methoxy groups -OCH3 is 1. The molecule has 6 heteroatoms.